The second-order valence-electron chi connectivity index (χ2n) is 10.6. The average Bonchev–Trinajstić information content (AvgIpc) is 3.63. The van der Waals surface area contributed by atoms with E-state index in [4.69, 9.17) is 27.8 Å². The van der Waals surface area contributed by atoms with Crippen LogP contribution in [-0.4, -0.2) is 15.5 Å². The molecule has 267 valence electrons. The Morgan fingerprint density at radius 1 is 0.415 bits per heavy atom. The van der Waals surface area contributed by atoms with Crippen molar-refractivity contribution in [2.24, 2.45) is 0 Å². The van der Waals surface area contributed by atoms with Crippen LogP contribution in [0.25, 0.3) is 10.2 Å². The first kappa shape index (κ1) is 43.2. The van der Waals surface area contributed by atoms with Crippen LogP contribution in [-0.2, 0) is 37.4 Å². The van der Waals surface area contributed by atoms with Gasteiger partial charge in [-0.15, -0.1) is 0 Å². The molecule has 2 N–H and O–H groups in total. The Morgan fingerprint density at radius 3 is 0.887 bits per heavy atom. The van der Waals surface area contributed by atoms with Crippen molar-refractivity contribution in [3.05, 3.63) is 213 Å². The molecule has 0 fully saturated rings. The van der Waals surface area contributed by atoms with E-state index in [1.807, 2.05) is 24.3 Å². The van der Waals surface area contributed by atoms with Crippen molar-refractivity contribution < 1.29 is 35.3 Å². The molecule has 7 aromatic carbocycles. The van der Waals surface area contributed by atoms with E-state index in [-0.39, 0.29) is 20.1 Å². The molecule has 0 spiro atoms. The number of aromatic nitrogens is 1. The van der Waals surface area contributed by atoms with E-state index < -0.39 is 15.8 Å². The summed E-state index contributed by atoms with van der Waals surface area (Å²) in [7, 11) is -0.892. The first-order chi connectivity index (χ1) is 25.8. The molecule has 1 heterocycles. The summed E-state index contributed by atoms with van der Waals surface area (Å²) in [5, 5.41) is 20.4. The molecular weight excluding hydrogens is 909 g/mol. The van der Waals surface area contributed by atoms with Crippen molar-refractivity contribution in [1.82, 2.24) is 4.98 Å². The van der Waals surface area contributed by atoms with E-state index in [1.165, 1.54) is 36.5 Å². The minimum atomic E-state index is -0.446. The minimum absolute atomic E-state index is 0. The number of nitrogens with zero attached hydrogens (tertiary/aromatic N) is 1. The molecule has 8 aromatic rings. The number of benzene rings is 7. The number of hydrogen-bond donors (Lipinski definition) is 2. The molecule has 0 amide bonds. The third kappa shape index (κ3) is 13.3. The van der Waals surface area contributed by atoms with E-state index in [0.717, 1.165) is 9.86 Å². The first-order valence-electron chi connectivity index (χ1n) is 16.1. The van der Waals surface area contributed by atoms with E-state index in [9.17, 15) is 0 Å². The molecule has 1 aromatic heterocycles. The quantitative estimate of drug-likeness (QED) is 0.0436. The van der Waals surface area contributed by atoms with Crippen LogP contribution in [0.4, 0.5) is 0 Å². The first-order valence-corrected chi connectivity index (χ1v) is 20.0. The average molecular weight is 945 g/mol. The summed E-state index contributed by atoms with van der Waals surface area (Å²) < 4.78 is 9.40. The smallest absolute Gasteiger partial charge is 0.0600 e. The Kier molecular flexibility index (Phi) is 20.3. The largest absolute Gasteiger partial charge is 0.408 e. The Bertz CT molecular complexity index is 1810. The van der Waals surface area contributed by atoms with Crippen LogP contribution in [0.1, 0.15) is 0 Å². The zero-order valence-electron chi connectivity index (χ0n) is 28.4. The van der Waals surface area contributed by atoms with Gasteiger partial charge in [-0.05, 0) is 62.8 Å². The molecule has 0 atom stereocenters. The fourth-order valence-corrected chi connectivity index (χ4v) is 10.9. The molecule has 4 nitrogen and oxygen atoms in total. The second kappa shape index (κ2) is 24.9. The van der Waals surface area contributed by atoms with Crippen LogP contribution in [0.15, 0.2) is 211 Å². The molecule has 0 bridgehead atoms. The normalized spacial score (nSPS) is 9.70. The van der Waals surface area contributed by atoms with Crippen molar-refractivity contribution in [2.75, 3.05) is 0 Å². The van der Waals surface area contributed by atoms with Gasteiger partial charge >= 0.3 is 11.3 Å². The van der Waals surface area contributed by atoms with Gasteiger partial charge in [-0.2, -0.15) is 0 Å². The maximum Gasteiger partial charge on any atom is 0.0600 e. The van der Waals surface area contributed by atoms with Crippen molar-refractivity contribution in [3.63, 3.8) is 0 Å². The number of rotatable bonds is 6. The third-order valence-corrected chi connectivity index (χ3v) is 13.4. The van der Waals surface area contributed by atoms with Crippen molar-refractivity contribution in [2.45, 2.75) is 4.34 Å². The topological polar surface area (TPSA) is 73.2 Å². The van der Waals surface area contributed by atoms with Gasteiger partial charge in [0.05, 0.1) is 5.52 Å². The predicted molar refractivity (Wildman–Crippen MR) is 225 cm³/mol. The zero-order valence-corrected chi connectivity index (χ0v) is 34.2. The zero-order chi connectivity index (χ0) is 36.8. The van der Waals surface area contributed by atoms with Gasteiger partial charge in [-0.3, -0.25) is 15.5 Å². The van der Waals surface area contributed by atoms with E-state index >= 15 is 0 Å². The second-order valence-corrected chi connectivity index (χ2v) is 16.7. The van der Waals surface area contributed by atoms with Crippen molar-refractivity contribution in [1.29, 1.82) is 0 Å². The van der Waals surface area contributed by atoms with E-state index in [0.29, 0.717) is 0 Å². The maximum atomic E-state index is 7.50. The van der Waals surface area contributed by atoms with Gasteiger partial charge in [0.15, 0.2) is 0 Å². The third-order valence-electron chi connectivity index (χ3n) is 7.36. The van der Waals surface area contributed by atoms with Crippen LogP contribution >= 0.6 is 27.2 Å². The summed E-state index contributed by atoms with van der Waals surface area (Å²) >= 11 is 6.48. The summed E-state index contributed by atoms with van der Waals surface area (Å²) in [5.41, 5.74) is 1.01. The molecule has 53 heavy (non-hydrogen) atoms. The molecule has 0 aliphatic carbocycles. The molecule has 0 unspecified atom stereocenters. The molecule has 0 saturated carbocycles. The summed E-state index contributed by atoms with van der Waals surface area (Å²) in [6, 6.07) is 72.6. The number of fused-ring (bicyclic) bond motifs is 1. The molecule has 0 aliphatic rings. The van der Waals surface area contributed by atoms with Crippen LogP contribution in [0.3, 0.4) is 0 Å². The minimum Gasteiger partial charge on any atom is -0.408 e. The Morgan fingerprint density at radius 2 is 0.642 bits per heavy atom. The van der Waals surface area contributed by atoms with Gasteiger partial charge < -0.3 is 24.0 Å². The Hall–Kier alpha value is -4.18. The van der Waals surface area contributed by atoms with Gasteiger partial charge in [0.1, 0.15) is 0 Å². The molecule has 8 rings (SSSR count). The molecular formula is C44H36IrNO3P2S2-. The summed E-state index contributed by atoms with van der Waals surface area (Å²) in [6.07, 6.45) is 0. The van der Waals surface area contributed by atoms with Gasteiger partial charge in [0.2, 0.25) is 0 Å². The van der Waals surface area contributed by atoms with Crippen molar-refractivity contribution >= 4 is 81.9 Å². The van der Waals surface area contributed by atoms with Gasteiger partial charge in [-0.1, -0.05) is 200 Å². The van der Waals surface area contributed by atoms with Gasteiger partial charge in [0.25, 0.3) is 0 Å². The summed E-state index contributed by atoms with van der Waals surface area (Å²) in [6.45, 7) is 4.50. The standard InChI is InChI=1S/2C18H15P.C7H5NS2.CO.Ir.H2O2/c2*1-4-10-16(11-5-1)19(17-12-6-2-7-13-17)18-14-8-3-9-15-18;9-7-8-5-3-1-2-4-6(5)10-7;1-2;;1-2/h2*1-15H;1-4H,(H,8,9);;;1-2H/p-1. The monoisotopic (exact) mass is 945 g/mol. The van der Waals surface area contributed by atoms with Crippen LogP contribution < -0.4 is 31.8 Å². The van der Waals surface area contributed by atoms with Crippen LogP contribution in [0.2, 0.25) is 0 Å². The molecule has 0 saturated heterocycles. The van der Waals surface area contributed by atoms with E-state index in [1.54, 1.807) is 11.3 Å². The maximum absolute atomic E-state index is 7.50. The molecule has 9 heteroatoms. The predicted octanol–water partition coefficient (Wildman–Crippen LogP) is 9.07. The fourth-order valence-electron chi connectivity index (χ4n) is 5.21. The van der Waals surface area contributed by atoms with Crippen molar-refractivity contribution in [3.8, 4) is 0 Å². The molecule has 1 radical (unpaired) electrons. The summed E-state index contributed by atoms with van der Waals surface area (Å²) in [5.74, 6) is 0. The SMILES string of the molecule is OO.[C-]#[O+].[Ir].[S-]c1nc2ccccc2s1.c1ccc(P(c2ccccc2)c2ccccc2)cc1.c1ccc(P(c2ccccc2)c2ccccc2)cc1. The van der Waals surface area contributed by atoms with Crippen LogP contribution in [0.5, 0.6) is 0 Å². The number of hydrogen-bond acceptors (Lipinski definition) is 5. The number of para-hydroxylation sites is 1. The van der Waals surface area contributed by atoms with Crippen LogP contribution in [0, 0.1) is 6.65 Å². The Labute approximate surface area is 337 Å². The Balaban J connectivity index is 0.000000210. The summed E-state index contributed by atoms with van der Waals surface area (Å²) in [4.78, 5) is 4.15. The number of thiazole rings is 1. The molecule has 0 aliphatic heterocycles. The van der Waals surface area contributed by atoms with E-state index in [2.05, 4.69) is 194 Å². The van der Waals surface area contributed by atoms with Gasteiger partial charge in [-0.25, -0.2) is 0 Å². The fraction of sp³-hybridized carbons (Fsp3) is 0. The van der Waals surface area contributed by atoms with Gasteiger partial charge in [0, 0.05) is 20.1 Å².